The number of anilines is 1. The Labute approximate surface area is 169 Å². The number of ketones is 1. The third kappa shape index (κ3) is 3.73. The molecule has 0 spiro atoms. The lowest BCUT2D eigenvalue weighted by molar-refractivity contribution is -0.160. The molecule has 0 saturated heterocycles. The first-order valence-electron chi connectivity index (χ1n) is 9.64. The van der Waals surface area contributed by atoms with Crippen molar-refractivity contribution in [3.8, 4) is 6.07 Å². The fraction of sp³-hybridized carbons (Fsp3) is 0.476. The zero-order valence-electron chi connectivity index (χ0n) is 16.5. The third-order valence-electron chi connectivity index (χ3n) is 5.68. The Morgan fingerprint density at radius 2 is 1.90 bits per heavy atom. The van der Waals surface area contributed by atoms with Gasteiger partial charge in [0.2, 0.25) is 0 Å². The summed E-state index contributed by atoms with van der Waals surface area (Å²) >= 11 is 0. The predicted molar refractivity (Wildman–Crippen MR) is 103 cm³/mol. The molecule has 2 amide bonds. The van der Waals surface area contributed by atoms with Gasteiger partial charge in [0.1, 0.15) is 12.1 Å². The summed E-state index contributed by atoms with van der Waals surface area (Å²) in [5.41, 5.74) is -0.296. The van der Waals surface area contributed by atoms with Crippen molar-refractivity contribution < 1.29 is 23.9 Å². The minimum atomic E-state index is -1.11. The molecule has 0 aromatic heterocycles. The molecule has 8 nitrogen and oxygen atoms in total. The van der Waals surface area contributed by atoms with Crippen molar-refractivity contribution >= 4 is 29.3 Å². The number of esters is 1. The van der Waals surface area contributed by atoms with Crippen LogP contribution in [0.1, 0.15) is 49.4 Å². The van der Waals surface area contributed by atoms with Gasteiger partial charge in [0.25, 0.3) is 17.6 Å². The molecule has 0 N–H and O–H groups in total. The predicted octanol–water partition coefficient (Wildman–Crippen LogP) is 1.83. The van der Waals surface area contributed by atoms with E-state index in [2.05, 4.69) is 6.07 Å². The van der Waals surface area contributed by atoms with Crippen molar-refractivity contribution in [3.05, 3.63) is 29.8 Å². The molecule has 1 aromatic carbocycles. The molecule has 1 aliphatic heterocycles. The number of hydrogen-bond donors (Lipinski definition) is 0. The third-order valence-corrected chi connectivity index (χ3v) is 5.68. The van der Waals surface area contributed by atoms with Crippen molar-refractivity contribution in [3.63, 3.8) is 0 Å². The zero-order chi connectivity index (χ0) is 21.2. The number of ether oxygens (including phenoxy) is 1. The van der Waals surface area contributed by atoms with E-state index in [4.69, 9.17) is 4.74 Å². The Balaban J connectivity index is 1.65. The zero-order valence-corrected chi connectivity index (χ0v) is 16.5. The van der Waals surface area contributed by atoms with Crippen LogP contribution in [0, 0.1) is 11.3 Å². The van der Waals surface area contributed by atoms with Crippen molar-refractivity contribution in [1.29, 1.82) is 5.26 Å². The summed E-state index contributed by atoms with van der Waals surface area (Å²) in [7, 11) is 1.56. The van der Waals surface area contributed by atoms with E-state index in [1.54, 1.807) is 25.2 Å². The van der Waals surface area contributed by atoms with Crippen LogP contribution >= 0.6 is 0 Å². The second-order valence-electron chi connectivity index (χ2n) is 7.47. The number of carbonyl (C=O) groups excluding carboxylic acids is 4. The molecule has 1 aromatic rings. The number of amides is 2. The summed E-state index contributed by atoms with van der Waals surface area (Å²) in [6.45, 7) is 0.974. The maximum Gasteiger partial charge on any atom is 0.326 e. The number of para-hydroxylation sites is 1. The van der Waals surface area contributed by atoms with E-state index in [-0.39, 0.29) is 5.56 Å². The van der Waals surface area contributed by atoms with Crippen LogP contribution in [-0.2, 0) is 19.1 Å². The van der Waals surface area contributed by atoms with E-state index in [0.717, 1.165) is 24.2 Å². The van der Waals surface area contributed by atoms with Gasteiger partial charge < -0.3 is 9.64 Å². The average molecular weight is 397 g/mol. The maximum atomic E-state index is 12.8. The molecule has 0 radical (unpaired) electrons. The molecular weight excluding hydrogens is 374 g/mol. The van der Waals surface area contributed by atoms with Crippen LogP contribution in [0.2, 0.25) is 0 Å². The van der Waals surface area contributed by atoms with Gasteiger partial charge in [0, 0.05) is 7.05 Å². The normalized spacial score (nSPS) is 18.6. The van der Waals surface area contributed by atoms with Gasteiger partial charge in [-0.25, -0.2) is 0 Å². The Morgan fingerprint density at radius 1 is 1.24 bits per heavy atom. The van der Waals surface area contributed by atoms with Crippen LogP contribution in [0.5, 0.6) is 0 Å². The van der Waals surface area contributed by atoms with Gasteiger partial charge in [-0.2, -0.15) is 5.26 Å². The smallest absolute Gasteiger partial charge is 0.326 e. The SMILES string of the molecule is C[C@@H](OC(=O)CN1C(=O)C(=O)c2ccccc21)C(=O)N(C)C1(C#N)CCCCC1. The highest BCUT2D eigenvalue weighted by Gasteiger charge is 2.41. The second-order valence-corrected chi connectivity index (χ2v) is 7.47. The second kappa shape index (κ2) is 8.03. The number of likely N-dealkylation sites (N-methyl/N-ethyl adjacent to an activating group) is 1. The van der Waals surface area contributed by atoms with Crippen LogP contribution in [0.4, 0.5) is 5.69 Å². The van der Waals surface area contributed by atoms with Gasteiger partial charge in [-0.1, -0.05) is 31.4 Å². The molecule has 0 unspecified atom stereocenters. The molecule has 2 aliphatic rings. The molecule has 1 fully saturated rings. The highest BCUT2D eigenvalue weighted by atomic mass is 16.5. The van der Waals surface area contributed by atoms with Gasteiger partial charge >= 0.3 is 5.97 Å². The van der Waals surface area contributed by atoms with Gasteiger partial charge in [-0.05, 0) is 31.9 Å². The van der Waals surface area contributed by atoms with Crippen LogP contribution in [0.3, 0.4) is 0 Å². The number of rotatable bonds is 5. The highest BCUT2D eigenvalue weighted by Crippen LogP contribution is 2.33. The lowest BCUT2D eigenvalue weighted by Crippen LogP contribution is -2.53. The van der Waals surface area contributed by atoms with Crippen molar-refractivity contribution in [2.75, 3.05) is 18.5 Å². The fourth-order valence-corrected chi connectivity index (χ4v) is 3.96. The first kappa shape index (κ1) is 20.5. The number of hydrogen-bond acceptors (Lipinski definition) is 6. The first-order valence-corrected chi connectivity index (χ1v) is 9.64. The molecule has 29 heavy (non-hydrogen) atoms. The monoisotopic (exact) mass is 397 g/mol. The quantitative estimate of drug-likeness (QED) is 0.554. The first-order chi connectivity index (χ1) is 13.8. The van der Waals surface area contributed by atoms with Crippen molar-refractivity contribution in [2.45, 2.75) is 50.7 Å². The molecule has 1 saturated carbocycles. The molecule has 8 heteroatoms. The van der Waals surface area contributed by atoms with E-state index in [9.17, 15) is 24.4 Å². The van der Waals surface area contributed by atoms with Gasteiger partial charge in [0.15, 0.2) is 6.10 Å². The summed E-state index contributed by atoms with van der Waals surface area (Å²) in [5, 5.41) is 9.63. The molecule has 152 valence electrons. The van der Waals surface area contributed by atoms with E-state index in [0.29, 0.717) is 18.5 Å². The van der Waals surface area contributed by atoms with Crippen LogP contribution < -0.4 is 4.90 Å². The topological polar surface area (TPSA) is 108 Å². The minimum Gasteiger partial charge on any atom is -0.451 e. The molecule has 1 aliphatic carbocycles. The van der Waals surface area contributed by atoms with Gasteiger partial charge in [-0.3, -0.25) is 24.1 Å². The Hall–Kier alpha value is -3.21. The largest absolute Gasteiger partial charge is 0.451 e. The summed E-state index contributed by atoms with van der Waals surface area (Å²) in [5.74, 6) is -2.74. The van der Waals surface area contributed by atoms with E-state index < -0.39 is 41.8 Å². The van der Waals surface area contributed by atoms with Gasteiger partial charge in [0.05, 0.1) is 17.3 Å². The molecule has 1 heterocycles. The maximum absolute atomic E-state index is 12.8. The number of benzene rings is 1. The van der Waals surface area contributed by atoms with E-state index in [1.807, 2.05) is 0 Å². The average Bonchev–Trinajstić information content (AvgIpc) is 2.98. The lowest BCUT2D eigenvalue weighted by atomic mass is 9.81. The van der Waals surface area contributed by atoms with Crippen LogP contribution in [0.25, 0.3) is 0 Å². The minimum absolute atomic E-state index is 0.238. The van der Waals surface area contributed by atoms with Gasteiger partial charge in [-0.15, -0.1) is 0 Å². The fourth-order valence-electron chi connectivity index (χ4n) is 3.96. The molecule has 0 bridgehead atoms. The standard InChI is InChI=1S/C21H23N3O5/c1-14(19(27)23(2)21(13-22)10-6-3-7-11-21)29-17(25)12-24-16-9-5-4-8-15(16)18(26)20(24)28/h4-5,8-9,14H,3,6-7,10-12H2,1-2H3/t14-/m1/s1. The Kier molecular flexibility index (Phi) is 5.69. The number of nitriles is 1. The molecule has 3 rings (SSSR count). The van der Waals surface area contributed by atoms with Crippen LogP contribution in [-0.4, -0.2) is 53.7 Å². The molecule has 1 atom stereocenters. The number of nitrogens with zero attached hydrogens (tertiary/aromatic N) is 3. The number of carbonyl (C=O) groups is 4. The number of Topliss-reactive ketones (excluding diaryl/α,β-unsaturated/α-hetero) is 1. The van der Waals surface area contributed by atoms with Crippen molar-refractivity contribution in [1.82, 2.24) is 4.90 Å². The summed E-state index contributed by atoms with van der Waals surface area (Å²) in [4.78, 5) is 51.7. The van der Waals surface area contributed by atoms with Crippen molar-refractivity contribution in [2.24, 2.45) is 0 Å². The highest BCUT2D eigenvalue weighted by molar-refractivity contribution is 6.52. The Morgan fingerprint density at radius 3 is 2.55 bits per heavy atom. The number of fused-ring (bicyclic) bond motifs is 1. The van der Waals surface area contributed by atoms with E-state index >= 15 is 0 Å². The Bertz CT molecular complexity index is 898. The van der Waals surface area contributed by atoms with E-state index in [1.165, 1.54) is 17.9 Å². The lowest BCUT2D eigenvalue weighted by Gasteiger charge is -2.39. The summed E-state index contributed by atoms with van der Waals surface area (Å²) < 4.78 is 5.23. The summed E-state index contributed by atoms with van der Waals surface area (Å²) in [6, 6.07) is 8.66. The van der Waals surface area contributed by atoms with Crippen LogP contribution in [0.15, 0.2) is 24.3 Å². The summed E-state index contributed by atoms with van der Waals surface area (Å²) in [6.07, 6.45) is 2.83. The molecular formula is C21H23N3O5.